The second kappa shape index (κ2) is 8.46. The summed E-state index contributed by atoms with van der Waals surface area (Å²) in [5.74, 6) is 1.13. The van der Waals surface area contributed by atoms with Gasteiger partial charge in [0, 0.05) is 30.8 Å². The number of carbonyl (C=O) groups excluding carboxylic acids is 2. The van der Waals surface area contributed by atoms with E-state index in [1.165, 1.54) is 0 Å². The molecule has 0 bridgehead atoms. The Balaban J connectivity index is 1.74. The van der Waals surface area contributed by atoms with E-state index in [1.807, 2.05) is 48.2 Å². The van der Waals surface area contributed by atoms with Crippen molar-refractivity contribution in [1.82, 2.24) is 5.32 Å². The topological polar surface area (TPSA) is 58.6 Å². The summed E-state index contributed by atoms with van der Waals surface area (Å²) in [4.78, 5) is 26.6. The van der Waals surface area contributed by atoms with E-state index in [9.17, 15) is 9.59 Å². The van der Waals surface area contributed by atoms with Gasteiger partial charge in [-0.2, -0.15) is 0 Å². The molecule has 1 N–H and O–H groups in total. The van der Waals surface area contributed by atoms with Crippen LogP contribution in [-0.2, 0) is 11.3 Å². The van der Waals surface area contributed by atoms with Gasteiger partial charge in [0.05, 0.1) is 7.11 Å². The highest BCUT2D eigenvalue weighted by atomic mass is 16.5. The molecule has 3 rings (SSSR count). The maximum atomic E-state index is 12.8. The minimum Gasteiger partial charge on any atom is -0.496 e. The fraction of sp³-hybridized carbons (Fsp3) is 0.391. The van der Waals surface area contributed by atoms with Gasteiger partial charge < -0.3 is 15.0 Å². The van der Waals surface area contributed by atoms with Gasteiger partial charge in [-0.05, 0) is 60.2 Å². The summed E-state index contributed by atoms with van der Waals surface area (Å²) in [6.07, 6.45) is 1.50. The third-order valence-corrected chi connectivity index (χ3v) is 5.19. The standard InChI is InChI=1S/C23H28N2O3/c1-15(2)19-13-20(16(3)11-21(19)28-4)23(27)24-14-17-7-5-8-18(12-17)25-10-6-9-22(25)26/h5,7-8,11-13,15H,6,9-10,14H2,1-4H3,(H,24,27). The number of nitrogens with zero attached hydrogens (tertiary/aromatic N) is 1. The third kappa shape index (κ3) is 4.19. The van der Waals surface area contributed by atoms with Crippen molar-refractivity contribution in [3.05, 3.63) is 58.7 Å². The maximum absolute atomic E-state index is 12.8. The van der Waals surface area contributed by atoms with Gasteiger partial charge in [-0.15, -0.1) is 0 Å². The minimum absolute atomic E-state index is 0.107. The van der Waals surface area contributed by atoms with Crippen molar-refractivity contribution >= 4 is 17.5 Å². The zero-order valence-corrected chi connectivity index (χ0v) is 17.0. The molecule has 28 heavy (non-hydrogen) atoms. The van der Waals surface area contributed by atoms with Gasteiger partial charge in [0.1, 0.15) is 5.75 Å². The monoisotopic (exact) mass is 380 g/mol. The summed E-state index contributed by atoms with van der Waals surface area (Å²) >= 11 is 0. The Kier molecular flexibility index (Phi) is 6.02. The van der Waals surface area contributed by atoms with Gasteiger partial charge in [-0.1, -0.05) is 26.0 Å². The van der Waals surface area contributed by atoms with E-state index in [0.29, 0.717) is 18.5 Å². The number of nitrogens with one attached hydrogen (secondary N) is 1. The molecular formula is C23H28N2O3. The van der Waals surface area contributed by atoms with E-state index in [0.717, 1.165) is 41.1 Å². The summed E-state index contributed by atoms with van der Waals surface area (Å²) in [5, 5.41) is 3.01. The number of carbonyl (C=O) groups is 2. The summed E-state index contributed by atoms with van der Waals surface area (Å²) in [5.41, 5.74) is 4.44. The van der Waals surface area contributed by atoms with Gasteiger partial charge in [0.25, 0.3) is 5.91 Å². The Hall–Kier alpha value is -2.82. The molecule has 0 unspecified atom stereocenters. The van der Waals surface area contributed by atoms with E-state index in [4.69, 9.17) is 4.74 Å². The Morgan fingerprint density at radius 3 is 2.68 bits per heavy atom. The molecule has 0 atom stereocenters. The number of amides is 2. The summed E-state index contributed by atoms with van der Waals surface area (Å²) in [7, 11) is 1.65. The molecule has 1 heterocycles. The first-order chi connectivity index (χ1) is 13.4. The van der Waals surface area contributed by atoms with E-state index >= 15 is 0 Å². The van der Waals surface area contributed by atoms with Gasteiger partial charge in [-0.25, -0.2) is 0 Å². The molecule has 2 aromatic rings. The average molecular weight is 380 g/mol. The van der Waals surface area contributed by atoms with E-state index in [-0.39, 0.29) is 17.7 Å². The molecular weight excluding hydrogens is 352 g/mol. The predicted molar refractivity (Wildman–Crippen MR) is 111 cm³/mol. The normalized spacial score (nSPS) is 13.9. The number of anilines is 1. The molecule has 1 fully saturated rings. The van der Waals surface area contributed by atoms with Crippen LogP contribution in [0.5, 0.6) is 5.75 Å². The number of rotatable bonds is 6. The molecule has 0 saturated carbocycles. The highest BCUT2D eigenvalue weighted by molar-refractivity contribution is 5.96. The predicted octanol–water partition coefficient (Wildman–Crippen LogP) is 4.18. The van der Waals surface area contributed by atoms with Crippen molar-refractivity contribution in [3.63, 3.8) is 0 Å². The van der Waals surface area contributed by atoms with Crippen LogP contribution in [-0.4, -0.2) is 25.5 Å². The number of ether oxygens (including phenoxy) is 1. The molecule has 0 aliphatic carbocycles. The van der Waals surface area contributed by atoms with Crippen molar-refractivity contribution in [3.8, 4) is 5.75 Å². The lowest BCUT2D eigenvalue weighted by Gasteiger charge is -2.17. The molecule has 0 radical (unpaired) electrons. The molecule has 1 aliphatic heterocycles. The van der Waals surface area contributed by atoms with Gasteiger partial charge in [-0.3, -0.25) is 9.59 Å². The first-order valence-electron chi connectivity index (χ1n) is 9.76. The smallest absolute Gasteiger partial charge is 0.251 e. The summed E-state index contributed by atoms with van der Waals surface area (Å²) in [6, 6.07) is 11.7. The van der Waals surface area contributed by atoms with Crippen molar-refractivity contribution in [1.29, 1.82) is 0 Å². The number of benzene rings is 2. The van der Waals surface area contributed by atoms with Crippen molar-refractivity contribution in [2.45, 2.75) is 46.1 Å². The quantitative estimate of drug-likeness (QED) is 0.818. The minimum atomic E-state index is -0.107. The van der Waals surface area contributed by atoms with Crippen LogP contribution in [0.25, 0.3) is 0 Å². The molecule has 2 amide bonds. The highest BCUT2D eigenvalue weighted by Crippen LogP contribution is 2.29. The molecule has 5 nitrogen and oxygen atoms in total. The van der Waals surface area contributed by atoms with E-state index in [2.05, 4.69) is 19.2 Å². The Morgan fingerprint density at radius 1 is 1.25 bits per heavy atom. The molecule has 0 spiro atoms. The highest BCUT2D eigenvalue weighted by Gasteiger charge is 2.22. The fourth-order valence-corrected chi connectivity index (χ4v) is 3.60. The van der Waals surface area contributed by atoms with Crippen molar-refractivity contribution in [2.24, 2.45) is 0 Å². The molecule has 0 aromatic heterocycles. The second-order valence-corrected chi connectivity index (χ2v) is 7.57. The number of hydrogen-bond acceptors (Lipinski definition) is 3. The van der Waals surface area contributed by atoms with Crippen LogP contribution in [0.4, 0.5) is 5.69 Å². The largest absolute Gasteiger partial charge is 0.496 e. The lowest BCUT2D eigenvalue weighted by Crippen LogP contribution is -2.25. The Morgan fingerprint density at radius 2 is 2.04 bits per heavy atom. The number of aryl methyl sites for hydroxylation is 1. The van der Waals surface area contributed by atoms with Crippen molar-refractivity contribution < 1.29 is 14.3 Å². The van der Waals surface area contributed by atoms with Crippen LogP contribution in [0.3, 0.4) is 0 Å². The van der Waals surface area contributed by atoms with Crippen LogP contribution in [0, 0.1) is 6.92 Å². The van der Waals surface area contributed by atoms with Crippen molar-refractivity contribution in [2.75, 3.05) is 18.6 Å². The Bertz CT molecular complexity index is 889. The van der Waals surface area contributed by atoms with Crippen LogP contribution < -0.4 is 15.0 Å². The lowest BCUT2D eigenvalue weighted by atomic mass is 9.96. The average Bonchev–Trinajstić information content (AvgIpc) is 3.11. The van der Waals surface area contributed by atoms with Crippen LogP contribution in [0.2, 0.25) is 0 Å². The Labute approximate surface area is 166 Å². The first-order valence-corrected chi connectivity index (χ1v) is 9.76. The van der Waals surface area contributed by atoms with E-state index < -0.39 is 0 Å². The molecule has 5 heteroatoms. The summed E-state index contributed by atoms with van der Waals surface area (Å²) < 4.78 is 5.46. The molecule has 2 aromatic carbocycles. The third-order valence-electron chi connectivity index (χ3n) is 5.19. The molecule has 148 valence electrons. The fourth-order valence-electron chi connectivity index (χ4n) is 3.60. The van der Waals surface area contributed by atoms with Gasteiger partial charge in [0.15, 0.2) is 0 Å². The van der Waals surface area contributed by atoms with E-state index in [1.54, 1.807) is 7.11 Å². The van der Waals surface area contributed by atoms with Gasteiger partial charge >= 0.3 is 0 Å². The first kappa shape index (κ1) is 19.9. The van der Waals surface area contributed by atoms with Crippen LogP contribution in [0.1, 0.15) is 59.7 Å². The SMILES string of the molecule is COc1cc(C)c(C(=O)NCc2cccc(N3CCCC3=O)c2)cc1C(C)C. The zero-order valence-electron chi connectivity index (χ0n) is 17.0. The maximum Gasteiger partial charge on any atom is 0.251 e. The van der Waals surface area contributed by atoms with Crippen LogP contribution in [0.15, 0.2) is 36.4 Å². The number of hydrogen-bond donors (Lipinski definition) is 1. The second-order valence-electron chi connectivity index (χ2n) is 7.57. The lowest BCUT2D eigenvalue weighted by molar-refractivity contribution is -0.117. The molecule has 1 saturated heterocycles. The van der Waals surface area contributed by atoms with Crippen LogP contribution >= 0.6 is 0 Å². The zero-order chi connectivity index (χ0) is 20.3. The number of methoxy groups -OCH3 is 1. The molecule has 1 aliphatic rings. The van der Waals surface area contributed by atoms with Gasteiger partial charge in [0.2, 0.25) is 5.91 Å². The summed E-state index contributed by atoms with van der Waals surface area (Å²) in [6.45, 7) is 7.26.